The fourth-order valence-electron chi connectivity index (χ4n) is 3.83. The highest BCUT2D eigenvalue weighted by Crippen LogP contribution is 2.31. The Morgan fingerprint density at radius 3 is 2.24 bits per heavy atom. The molecule has 1 amide bonds. The normalized spacial score (nSPS) is 18.9. The third kappa shape index (κ3) is 5.11. The molecule has 2 aliphatic rings. The number of carbonyl (C=O) groups excluding carboxylic acids is 1. The Bertz CT molecular complexity index is 838. The Kier molecular flexibility index (Phi) is 8.70. The Morgan fingerprint density at radius 1 is 1.14 bits per heavy atom. The van der Waals surface area contributed by atoms with Gasteiger partial charge in [-0.3, -0.25) is 14.9 Å². The van der Waals surface area contributed by atoms with E-state index in [0.29, 0.717) is 39.3 Å². The first kappa shape index (κ1) is 25.4. The molecule has 2 fully saturated rings. The zero-order chi connectivity index (χ0) is 19.7. The van der Waals surface area contributed by atoms with Crippen molar-refractivity contribution in [3.63, 3.8) is 0 Å². The first-order valence-electron chi connectivity index (χ1n) is 8.94. The molecule has 3 rings (SSSR count). The molecule has 2 heterocycles. The lowest BCUT2D eigenvalue weighted by Crippen LogP contribution is -2.61. The minimum atomic E-state index is -3.54. The van der Waals surface area contributed by atoms with Crippen LogP contribution in [-0.2, 0) is 14.6 Å². The molecular weight excluding hydrogens is 443 g/mol. The van der Waals surface area contributed by atoms with Crippen LogP contribution in [0.1, 0.15) is 12.8 Å². The summed E-state index contributed by atoms with van der Waals surface area (Å²) in [5.74, 6) is -0.315. The van der Waals surface area contributed by atoms with Crippen LogP contribution in [0.4, 0.5) is 11.4 Å². The highest BCUT2D eigenvalue weighted by Gasteiger charge is 2.50. The van der Waals surface area contributed by atoms with Gasteiger partial charge in [-0.2, -0.15) is 0 Å². The molecule has 0 aromatic heterocycles. The van der Waals surface area contributed by atoms with E-state index in [2.05, 4.69) is 5.32 Å². The third-order valence-electron chi connectivity index (χ3n) is 5.48. The highest BCUT2D eigenvalue weighted by molar-refractivity contribution is 7.92. The SMILES string of the molecule is CS(=O)(=O)C1(C(=O)N2CCN(c3cccc([N+](=O)[O-])c3)CC2)CCNCC1.Cl.Cl. The van der Waals surface area contributed by atoms with Crippen LogP contribution in [0, 0.1) is 10.1 Å². The molecular formula is C17H26Cl2N4O5S. The molecule has 29 heavy (non-hydrogen) atoms. The van der Waals surface area contributed by atoms with Gasteiger partial charge < -0.3 is 15.1 Å². The number of sulfone groups is 1. The maximum Gasteiger partial charge on any atom is 0.271 e. The molecule has 0 radical (unpaired) electrons. The molecule has 1 N–H and O–H groups in total. The molecule has 0 aliphatic carbocycles. The molecule has 0 spiro atoms. The minimum absolute atomic E-state index is 0. The highest BCUT2D eigenvalue weighted by atomic mass is 35.5. The van der Waals surface area contributed by atoms with Crippen LogP contribution in [0.25, 0.3) is 0 Å². The summed E-state index contributed by atoms with van der Waals surface area (Å²) in [6, 6.07) is 6.40. The van der Waals surface area contributed by atoms with Crippen LogP contribution in [0.2, 0.25) is 0 Å². The van der Waals surface area contributed by atoms with Gasteiger partial charge >= 0.3 is 0 Å². The number of piperidine rings is 1. The van der Waals surface area contributed by atoms with Gasteiger partial charge in [0.2, 0.25) is 5.91 Å². The average Bonchev–Trinajstić information content (AvgIpc) is 2.67. The van der Waals surface area contributed by atoms with Crippen LogP contribution in [0.5, 0.6) is 0 Å². The van der Waals surface area contributed by atoms with E-state index in [1.807, 2.05) is 4.90 Å². The van der Waals surface area contributed by atoms with E-state index in [1.165, 1.54) is 12.1 Å². The number of carbonyl (C=O) groups is 1. The molecule has 0 bridgehead atoms. The lowest BCUT2D eigenvalue weighted by molar-refractivity contribution is -0.384. The third-order valence-corrected chi connectivity index (χ3v) is 7.49. The van der Waals surface area contributed by atoms with E-state index in [4.69, 9.17) is 0 Å². The van der Waals surface area contributed by atoms with Crippen molar-refractivity contribution < 1.29 is 18.1 Å². The molecule has 1 aromatic rings. The van der Waals surface area contributed by atoms with E-state index in [0.717, 1.165) is 11.9 Å². The molecule has 0 unspecified atom stereocenters. The van der Waals surface area contributed by atoms with Gasteiger partial charge in [0.05, 0.1) is 4.92 Å². The summed E-state index contributed by atoms with van der Waals surface area (Å²) in [4.78, 5) is 27.2. The number of anilines is 1. The topological polar surface area (TPSA) is 113 Å². The van der Waals surface area contributed by atoms with Gasteiger partial charge in [-0.15, -0.1) is 24.8 Å². The maximum absolute atomic E-state index is 13.1. The van der Waals surface area contributed by atoms with Crippen LogP contribution in [-0.4, -0.2) is 74.4 Å². The number of nitrogens with zero attached hydrogens (tertiary/aromatic N) is 3. The van der Waals surface area contributed by atoms with Gasteiger partial charge in [0, 0.05) is 50.3 Å². The molecule has 1 aromatic carbocycles. The number of benzene rings is 1. The van der Waals surface area contributed by atoms with Crippen molar-refractivity contribution in [3.05, 3.63) is 34.4 Å². The summed E-state index contributed by atoms with van der Waals surface area (Å²) >= 11 is 0. The van der Waals surface area contributed by atoms with Crippen molar-refractivity contribution >= 4 is 51.9 Å². The van der Waals surface area contributed by atoms with Crippen molar-refractivity contribution in [2.24, 2.45) is 0 Å². The Labute approximate surface area is 182 Å². The number of hydrogen-bond donors (Lipinski definition) is 1. The second kappa shape index (κ2) is 9.92. The number of rotatable bonds is 4. The van der Waals surface area contributed by atoms with Gasteiger partial charge in [-0.05, 0) is 32.0 Å². The van der Waals surface area contributed by atoms with E-state index in [9.17, 15) is 23.3 Å². The number of piperazine rings is 1. The number of nitro groups is 1. The van der Waals surface area contributed by atoms with E-state index >= 15 is 0 Å². The Balaban J connectivity index is 0.00000210. The summed E-state index contributed by atoms with van der Waals surface area (Å²) in [6.07, 6.45) is 1.72. The Morgan fingerprint density at radius 2 is 1.72 bits per heavy atom. The lowest BCUT2D eigenvalue weighted by atomic mass is 9.94. The smallest absolute Gasteiger partial charge is 0.271 e. The number of nitro benzene ring substituents is 1. The van der Waals surface area contributed by atoms with Crippen molar-refractivity contribution in [1.29, 1.82) is 0 Å². The lowest BCUT2D eigenvalue weighted by Gasteiger charge is -2.42. The first-order chi connectivity index (χ1) is 12.7. The van der Waals surface area contributed by atoms with Crippen molar-refractivity contribution in [1.82, 2.24) is 10.2 Å². The van der Waals surface area contributed by atoms with E-state index in [1.54, 1.807) is 17.0 Å². The van der Waals surface area contributed by atoms with Crippen LogP contribution >= 0.6 is 24.8 Å². The fraction of sp³-hybridized carbons (Fsp3) is 0.588. The average molecular weight is 469 g/mol. The van der Waals surface area contributed by atoms with Crippen molar-refractivity contribution in [2.45, 2.75) is 17.6 Å². The summed E-state index contributed by atoms with van der Waals surface area (Å²) < 4.78 is 23.5. The van der Waals surface area contributed by atoms with Crippen molar-refractivity contribution in [3.8, 4) is 0 Å². The van der Waals surface area contributed by atoms with Crippen LogP contribution in [0.3, 0.4) is 0 Å². The summed E-state index contributed by atoms with van der Waals surface area (Å²) in [7, 11) is -3.54. The maximum atomic E-state index is 13.1. The van der Waals surface area contributed by atoms with Crippen LogP contribution < -0.4 is 10.2 Å². The fourth-order valence-corrected chi connectivity index (χ4v) is 5.23. The molecule has 2 saturated heterocycles. The van der Waals surface area contributed by atoms with Gasteiger partial charge in [0.15, 0.2) is 14.6 Å². The molecule has 0 saturated carbocycles. The predicted octanol–water partition coefficient (Wildman–Crippen LogP) is 1.25. The zero-order valence-corrected chi connectivity index (χ0v) is 18.5. The van der Waals surface area contributed by atoms with E-state index in [-0.39, 0.29) is 49.3 Å². The van der Waals surface area contributed by atoms with Gasteiger partial charge in [0.1, 0.15) is 0 Å². The second-order valence-corrected chi connectivity index (χ2v) is 9.40. The monoisotopic (exact) mass is 468 g/mol. The number of amides is 1. The minimum Gasteiger partial charge on any atom is -0.368 e. The second-order valence-electron chi connectivity index (χ2n) is 7.07. The quantitative estimate of drug-likeness (QED) is 0.522. The van der Waals surface area contributed by atoms with E-state index < -0.39 is 19.5 Å². The largest absolute Gasteiger partial charge is 0.368 e. The molecule has 164 valence electrons. The molecule has 0 atom stereocenters. The number of non-ortho nitro benzene ring substituents is 1. The first-order valence-corrected chi connectivity index (χ1v) is 10.8. The summed E-state index contributed by atoms with van der Waals surface area (Å²) in [6.45, 7) is 2.81. The van der Waals surface area contributed by atoms with Crippen molar-refractivity contribution in [2.75, 3.05) is 50.4 Å². The molecule has 2 aliphatic heterocycles. The van der Waals surface area contributed by atoms with Gasteiger partial charge in [-0.25, -0.2) is 8.42 Å². The molecule has 12 heteroatoms. The Hall–Kier alpha value is -1.62. The van der Waals surface area contributed by atoms with Gasteiger partial charge in [-0.1, -0.05) is 6.07 Å². The standard InChI is InChI=1S/C17H24N4O5S.2ClH/c1-27(25,26)17(5-7-18-8-6-17)16(22)20-11-9-19(10-12-20)14-3-2-4-15(13-14)21(23)24;;/h2-4,13,18H,5-12H2,1H3;2*1H. The predicted molar refractivity (Wildman–Crippen MR) is 116 cm³/mol. The number of hydrogen-bond acceptors (Lipinski definition) is 7. The molecule has 9 nitrogen and oxygen atoms in total. The zero-order valence-electron chi connectivity index (χ0n) is 16.1. The number of halogens is 2. The summed E-state index contributed by atoms with van der Waals surface area (Å²) in [5.41, 5.74) is 0.757. The number of nitrogens with one attached hydrogen (secondary N) is 1. The summed E-state index contributed by atoms with van der Waals surface area (Å²) in [5, 5.41) is 14.1. The van der Waals surface area contributed by atoms with Gasteiger partial charge in [0.25, 0.3) is 5.69 Å². The van der Waals surface area contributed by atoms with Crippen LogP contribution in [0.15, 0.2) is 24.3 Å².